The first-order valence-electron chi connectivity index (χ1n) is 8.38. The number of hydrogen-bond donors (Lipinski definition) is 1. The summed E-state index contributed by atoms with van der Waals surface area (Å²) in [4.78, 5) is 26.5. The van der Waals surface area contributed by atoms with Gasteiger partial charge in [-0.15, -0.1) is 0 Å². The number of carbonyl (C=O) groups excluding carboxylic acids is 1. The standard InChI is InChI=1S/C18H17FN4O/c19-12-3-4-13-14(6-12)22-17-16(13)18(21-9-20-17)23-7-10-1-2-11(8-23)15(24)5-10/h3-4,6,9-11H,1-2,5,7-8H2,(H,20,21,22). The van der Waals surface area contributed by atoms with Gasteiger partial charge in [-0.3, -0.25) is 4.79 Å². The zero-order valence-corrected chi connectivity index (χ0v) is 13.1. The molecule has 0 radical (unpaired) electrons. The Kier molecular flexibility index (Phi) is 2.89. The molecule has 6 rings (SSSR count). The number of ketones is 1. The lowest BCUT2D eigenvalue weighted by atomic mass is 9.83. The van der Waals surface area contributed by atoms with Gasteiger partial charge in [0.15, 0.2) is 0 Å². The molecule has 2 unspecified atom stereocenters. The minimum absolute atomic E-state index is 0.108. The number of Topliss-reactive ketones (excluding diaryl/α,β-unsaturated/α-hetero) is 1. The van der Waals surface area contributed by atoms with E-state index >= 15 is 0 Å². The Balaban J connectivity index is 1.69. The first-order valence-corrected chi connectivity index (χ1v) is 8.38. The van der Waals surface area contributed by atoms with Crippen molar-refractivity contribution in [3.8, 4) is 0 Å². The van der Waals surface area contributed by atoms with Crippen molar-refractivity contribution in [2.75, 3.05) is 18.0 Å². The smallest absolute Gasteiger partial charge is 0.143 e. The van der Waals surface area contributed by atoms with Gasteiger partial charge >= 0.3 is 0 Å². The number of hydrogen-bond acceptors (Lipinski definition) is 4. The van der Waals surface area contributed by atoms with Gasteiger partial charge in [0.1, 0.15) is 29.4 Å². The van der Waals surface area contributed by atoms with Gasteiger partial charge in [0.2, 0.25) is 0 Å². The van der Waals surface area contributed by atoms with E-state index in [4.69, 9.17) is 0 Å². The molecule has 6 heteroatoms. The van der Waals surface area contributed by atoms with Crippen molar-refractivity contribution < 1.29 is 9.18 Å². The van der Waals surface area contributed by atoms with E-state index < -0.39 is 0 Å². The third-order valence-electron chi connectivity index (χ3n) is 5.42. The van der Waals surface area contributed by atoms with Gasteiger partial charge < -0.3 is 9.88 Å². The fraction of sp³-hybridized carbons (Fsp3) is 0.389. The predicted molar refractivity (Wildman–Crippen MR) is 89.4 cm³/mol. The second-order valence-electron chi connectivity index (χ2n) is 6.95. The Labute approximate surface area is 137 Å². The molecule has 3 aromatic rings. The van der Waals surface area contributed by atoms with Crippen LogP contribution in [-0.4, -0.2) is 33.8 Å². The van der Waals surface area contributed by atoms with Gasteiger partial charge in [0.05, 0.1) is 10.9 Å². The molecule has 0 amide bonds. The number of halogens is 1. The highest BCUT2D eigenvalue weighted by Crippen LogP contribution is 2.37. The summed E-state index contributed by atoms with van der Waals surface area (Å²) in [5.74, 6) is 1.48. The van der Waals surface area contributed by atoms with Crippen molar-refractivity contribution in [2.45, 2.75) is 19.3 Å². The minimum Gasteiger partial charge on any atom is -0.355 e. The van der Waals surface area contributed by atoms with Gasteiger partial charge in [-0.25, -0.2) is 14.4 Å². The van der Waals surface area contributed by atoms with Crippen LogP contribution in [0.25, 0.3) is 21.9 Å². The van der Waals surface area contributed by atoms with Crippen LogP contribution < -0.4 is 4.90 Å². The van der Waals surface area contributed by atoms with Crippen LogP contribution in [0.4, 0.5) is 10.2 Å². The zero-order valence-electron chi connectivity index (χ0n) is 13.1. The Hall–Kier alpha value is -2.50. The maximum absolute atomic E-state index is 13.5. The first kappa shape index (κ1) is 13.9. The van der Waals surface area contributed by atoms with Crippen molar-refractivity contribution in [2.24, 2.45) is 11.8 Å². The fourth-order valence-corrected chi connectivity index (χ4v) is 4.25. The second kappa shape index (κ2) is 5.00. The van der Waals surface area contributed by atoms with E-state index in [0.29, 0.717) is 23.8 Å². The molecular formula is C18H17FN4O. The number of fused-ring (bicyclic) bond motifs is 7. The maximum atomic E-state index is 13.5. The van der Waals surface area contributed by atoms with Crippen LogP contribution in [0, 0.1) is 17.7 Å². The fourth-order valence-electron chi connectivity index (χ4n) is 4.25. The third kappa shape index (κ3) is 2.02. The van der Waals surface area contributed by atoms with E-state index in [1.807, 2.05) is 0 Å². The van der Waals surface area contributed by atoms with E-state index in [2.05, 4.69) is 19.9 Å². The number of benzene rings is 1. The normalized spacial score (nSPS) is 24.0. The highest BCUT2D eigenvalue weighted by molar-refractivity contribution is 6.11. The summed E-state index contributed by atoms with van der Waals surface area (Å²) < 4.78 is 13.5. The van der Waals surface area contributed by atoms with E-state index in [1.54, 1.807) is 6.07 Å². The van der Waals surface area contributed by atoms with Gasteiger partial charge in [0, 0.05) is 30.8 Å². The van der Waals surface area contributed by atoms with Crippen molar-refractivity contribution >= 4 is 33.5 Å². The molecule has 1 N–H and O–H groups in total. The van der Waals surface area contributed by atoms with Gasteiger partial charge in [-0.1, -0.05) is 0 Å². The number of rotatable bonds is 1. The quantitative estimate of drug-likeness (QED) is 0.747. The van der Waals surface area contributed by atoms with Crippen molar-refractivity contribution in [1.82, 2.24) is 15.0 Å². The summed E-state index contributed by atoms with van der Waals surface area (Å²) in [6, 6.07) is 4.71. The first-order chi connectivity index (χ1) is 11.7. The highest BCUT2D eigenvalue weighted by atomic mass is 19.1. The number of H-pyrrole nitrogens is 1. The molecule has 2 aromatic heterocycles. The van der Waals surface area contributed by atoms with Crippen LogP contribution in [0.15, 0.2) is 24.5 Å². The third-order valence-corrected chi connectivity index (χ3v) is 5.42. The number of nitrogens with zero attached hydrogens (tertiary/aromatic N) is 3. The SMILES string of the molecule is O=C1CC2CCC1CN(c1ncnc3[nH]c4cc(F)ccc4c13)C2. The lowest BCUT2D eigenvalue weighted by Gasteiger charge is -2.23. The summed E-state index contributed by atoms with van der Waals surface area (Å²) >= 11 is 0. The minimum atomic E-state index is -0.276. The summed E-state index contributed by atoms with van der Waals surface area (Å²) in [7, 11) is 0. The molecule has 1 saturated carbocycles. The predicted octanol–water partition coefficient (Wildman–Crippen LogP) is 3.06. The summed E-state index contributed by atoms with van der Waals surface area (Å²) in [5, 5.41) is 1.84. The average molecular weight is 324 g/mol. The molecule has 122 valence electrons. The molecular weight excluding hydrogens is 307 g/mol. The maximum Gasteiger partial charge on any atom is 0.143 e. The van der Waals surface area contributed by atoms with E-state index in [9.17, 15) is 9.18 Å². The molecule has 3 aliphatic rings. The van der Waals surface area contributed by atoms with E-state index in [-0.39, 0.29) is 11.7 Å². The van der Waals surface area contributed by atoms with Crippen molar-refractivity contribution in [3.63, 3.8) is 0 Å². The molecule has 1 aliphatic carbocycles. The molecule has 24 heavy (non-hydrogen) atoms. The summed E-state index contributed by atoms with van der Waals surface area (Å²) in [6.45, 7) is 1.57. The number of nitrogens with one attached hydrogen (secondary N) is 1. The molecule has 1 aromatic carbocycles. The van der Waals surface area contributed by atoms with Crippen molar-refractivity contribution in [3.05, 3.63) is 30.3 Å². The van der Waals surface area contributed by atoms with Crippen LogP contribution in [0.2, 0.25) is 0 Å². The molecule has 2 aliphatic heterocycles. The lowest BCUT2D eigenvalue weighted by Crippen LogP contribution is -2.30. The molecule has 0 spiro atoms. The lowest BCUT2D eigenvalue weighted by molar-refractivity contribution is -0.124. The van der Waals surface area contributed by atoms with E-state index in [0.717, 1.165) is 48.0 Å². The Morgan fingerprint density at radius 2 is 2.12 bits per heavy atom. The number of aromatic nitrogens is 3. The number of anilines is 1. The summed E-state index contributed by atoms with van der Waals surface area (Å²) in [5.41, 5.74) is 1.43. The van der Waals surface area contributed by atoms with Gasteiger partial charge in [-0.05, 0) is 37.0 Å². The van der Waals surface area contributed by atoms with Gasteiger partial charge in [0.25, 0.3) is 0 Å². The molecule has 3 fully saturated rings. The Morgan fingerprint density at radius 1 is 1.21 bits per heavy atom. The van der Waals surface area contributed by atoms with Crippen LogP contribution in [-0.2, 0) is 4.79 Å². The monoisotopic (exact) mass is 324 g/mol. The average Bonchev–Trinajstić information content (AvgIpc) is 2.71. The summed E-state index contributed by atoms with van der Waals surface area (Å²) in [6.07, 6.45) is 4.32. The molecule has 2 saturated heterocycles. The molecule has 4 heterocycles. The topological polar surface area (TPSA) is 61.9 Å². The molecule has 5 nitrogen and oxygen atoms in total. The van der Waals surface area contributed by atoms with Gasteiger partial charge in [-0.2, -0.15) is 0 Å². The van der Waals surface area contributed by atoms with E-state index in [1.165, 1.54) is 18.5 Å². The van der Waals surface area contributed by atoms with Crippen LogP contribution in [0.3, 0.4) is 0 Å². The molecule has 2 atom stereocenters. The molecule has 2 bridgehead atoms. The second-order valence-corrected chi connectivity index (χ2v) is 6.95. The highest BCUT2D eigenvalue weighted by Gasteiger charge is 2.36. The van der Waals surface area contributed by atoms with Crippen LogP contribution in [0.5, 0.6) is 0 Å². The largest absolute Gasteiger partial charge is 0.355 e. The van der Waals surface area contributed by atoms with Crippen LogP contribution in [0.1, 0.15) is 19.3 Å². The number of aromatic amines is 1. The van der Waals surface area contributed by atoms with Crippen molar-refractivity contribution in [1.29, 1.82) is 0 Å². The number of carbonyl (C=O) groups is 1. The van der Waals surface area contributed by atoms with Crippen LogP contribution >= 0.6 is 0 Å². The Bertz CT molecular complexity index is 966. The zero-order chi connectivity index (χ0) is 16.3. The Morgan fingerprint density at radius 3 is 3.00 bits per heavy atom.